The van der Waals surface area contributed by atoms with E-state index >= 15 is 0 Å². The molecule has 1 saturated heterocycles. The van der Waals surface area contributed by atoms with Crippen LogP contribution in [0, 0.1) is 0 Å². The molecule has 2 amide bonds. The van der Waals surface area contributed by atoms with Crippen LogP contribution in [0.4, 0.5) is 16.3 Å². The van der Waals surface area contributed by atoms with Crippen LogP contribution in [0.3, 0.4) is 0 Å². The molecule has 0 saturated carbocycles. The molecule has 32 heavy (non-hydrogen) atoms. The van der Waals surface area contributed by atoms with Crippen molar-refractivity contribution in [2.24, 2.45) is 0 Å². The molecule has 1 fully saturated rings. The predicted molar refractivity (Wildman–Crippen MR) is 122 cm³/mol. The Morgan fingerprint density at radius 2 is 1.91 bits per heavy atom. The molecular weight excluding hydrogens is 410 g/mol. The maximum absolute atomic E-state index is 13.0. The smallest absolute Gasteiger partial charge is 0.319 e. The second-order valence-electron chi connectivity index (χ2n) is 7.90. The molecule has 0 spiro atoms. The summed E-state index contributed by atoms with van der Waals surface area (Å²) in [5, 5.41) is 5.86. The Morgan fingerprint density at radius 1 is 1.12 bits per heavy atom. The zero-order valence-corrected chi connectivity index (χ0v) is 17.8. The number of rotatable bonds is 4. The van der Waals surface area contributed by atoms with Gasteiger partial charge in [0.05, 0.1) is 11.0 Å². The minimum Gasteiger partial charge on any atom is -0.454 e. The van der Waals surface area contributed by atoms with Gasteiger partial charge in [-0.15, -0.1) is 0 Å². The number of nitrogens with zero attached hydrogens (tertiary/aromatic N) is 3. The molecule has 9 nitrogen and oxygen atoms in total. The van der Waals surface area contributed by atoms with E-state index in [9.17, 15) is 9.59 Å². The number of hydrogen-bond acceptors (Lipinski definition) is 6. The van der Waals surface area contributed by atoms with Crippen molar-refractivity contribution in [3.63, 3.8) is 0 Å². The van der Waals surface area contributed by atoms with E-state index in [1.807, 2.05) is 36.1 Å². The van der Waals surface area contributed by atoms with Crippen molar-refractivity contribution in [1.29, 1.82) is 0 Å². The number of para-hydroxylation sites is 2. The summed E-state index contributed by atoms with van der Waals surface area (Å²) in [7, 11) is 0. The topological polar surface area (TPSA) is 97.7 Å². The summed E-state index contributed by atoms with van der Waals surface area (Å²) in [6, 6.07) is 12.8. The fourth-order valence-electron chi connectivity index (χ4n) is 4.26. The lowest BCUT2D eigenvalue weighted by molar-refractivity contribution is 0.174. The van der Waals surface area contributed by atoms with Gasteiger partial charge in [-0.25, -0.2) is 9.78 Å². The number of nitrogens with one attached hydrogen (secondary N) is 2. The number of hydrogen-bond donors (Lipinski definition) is 2. The van der Waals surface area contributed by atoms with E-state index in [2.05, 4.69) is 15.6 Å². The summed E-state index contributed by atoms with van der Waals surface area (Å²) >= 11 is 0. The standard InChI is InChI=1S/C23H25N5O4/c1-2-28-18-6-4-3-5-17(18)26-21(22(28)29)27-11-9-15(10-12-27)24-23(30)25-16-7-8-19-20(13-16)32-14-31-19/h3-8,13,15H,2,9-12,14H2,1H3,(H2,24,25,30). The fraction of sp³-hybridized carbons (Fsp3) is 0.348. The van der Waals surface area contributed by atoms with Crippen molar-refractivity contribution in [3.05, 3.63) is 52.8 Å². The lowest BCUT2D eigenvalue weighted by Crippen LogP contribution is -2.47. The molecule has 0 aliphatic carbocycles. The molecule has 0 unspecified atom stereocenters. The average molecular weight is 435 g/mol. The van der Waals surface area contributed by atoms with Crippen molar-refractivity contribution in [1.82, 2.24) is 14.9 Å². The van der Waals surface area contributed by atoms with Crippen LogP contribution in [0.5, 0.6) is 11.5 Å². The van der Waals surface area contributed by atoms with Crippen LogP contribution in [0.25, 0.3) is 11.0 Å². The van der Waals surface area contributed by atoms with E-state index in [0.29, 0.717) is 42.6 Å². The molecule has 9 heteroatoms. The Balaban J connectivity index is 1.22. The van der Waals surface area contributed by atoms with Crippen LogP contribution >= 0.6 is 0 Å². The second-order valence-corrected chi connectivity index (χ2v) is 7.90. The summed E-state index contributed by atoms with van der Waals surface area (Å²) in [5.74, 6) is 1.78. The highest BCUT2D eigenvalue weighted by molar-refractivity contribution is 5.90. The van der Waals surface area contributed by atoms with Crippen LogP contribution in [0.2, 0.25) is 0 Å². The number of urea groups is 1. The van der Waals surface area contributed by atoms with Crippen LogP contribution in [-0.4, -0.2) is 41.5 Å². The number of aryl methyl sites for hydroxylation is 1. The predicted octanol–water partition coefficient (Wildman–Crippen LogP) is 2.94. The first kappa shape index (κ1) is 20.2. The van der Waals surface area contributed by atoms with Crippen molar-refractivity contribution >= 4 is 28.6 Å². The van der Waals surface area contributed by atoms with E-state index in [4.69, 9.17) is 9.47 Å². The summed E-state index contributed by atoms with van der Waals surface area (Å²) in [4.78, 5) is 32.1. The molecule has 5 rings (SSSR count). The highest BCUT2D eigenvalue weighted by Crippen LogP contribution is 2.34. The van der Waals surface area contributed by atoms with Gasteiger partial charge in [0.25, 0.3) is 5.56 Å². The molecule has 2 aliphatic rings. The quantitative estimate of drug-likeness (QED) is 0.654. The normalized spacial score (nSPS) is 15.7. The molecule has 3 heterocycles. The molecule has 0 atom stereocenters. The van der Waals surface area contributed by atoms with E-state index < -0.39 is 0 Å². The summed E-state index contributed by atoms with van der Waals surface area (Å²) in [6.07, 6.45) is 1.46. The second kappa shape index (κ2) is 8.41. The van der Waals surface area contributed by atoms with Gasteiger partial charge in [-0.05, 0) is 44.0 Å². The van der Waals surface area contributed by atoms with Gasteiger partial charge in [0, 0.05) is 37.4 Å². The van der Waals surface area contributed by atoms with Crippen LogP contribution in [0.15, 0.2) is 47.3 Å². The Labute approximate surface area is 185 Å². The first-order chi connectivity index (χ1) is 15.6. The van der Waals surface area contributed by atoms with Crippen LogP contribution in [0.1, 0.15) is 19.8 Å². The SMILES string of the molecule is CCn1c(=O)c(N2CCC(NC(=O)Nc3ccc4c(c3)OCO4)CC2)nc2ccccc21. The largest absolute Gasteiger partial charge is 0.454 e. The third kappa shape index (κ3) is 3.81. The molecular formula is C23H25N5O4. The molecule has 2 N–H and O–H groups in total. The molecule has 1 aromatic heterocycles. The number of carbonyl (C=O) groups excluding carboxylic acids is 1. The number of benzene rings is 2. The van der Waals surface area contributed by atoms with Crippen molar-refractivity contribution in [3.8, 4) is 11.5 Å². The van der Waals surface area contributed by atoms with E-state index in [1.54, 1.807) is 22.8 Å². The number of ether oxygens (including phenoxy) is 2. The third-order valence-corrected chi connectivity index (χ3v) is 5.91. The Morgan fingerprint density at radius 3 is 2.72 bits per heavy atom. The number of fused-ring (bicyclic) bond motifs is 2. The number of anilines is 2. The summed E-state index contributed by atoms with van der Waals surface area (Å²) in [5.41, 5.74) is 2.23. The van der Waals surface area contributed by atoms with Crippen molar-refractivity contribution in [2.45, 2.75) is 32.4 Å². The van der Waals surface area contributed by atoms with Gasteiger partial charge in [0.15, 0.2) is 17.3 Å². The van der Waals surface area contributed by atoms with Crippen LogP contribution in [-0.2, 0) is 6.54 Å². The first-order valence-electron chi connectivity index (χ1n) is 10.8. The zero-order valence-electron chi connectivity index (χ0n) is 17.8. The number of aromatic nitrogens is 2. The maximum Gasteiger partial charge on any atom is 0.319 e. The third-order valence-electron chi connectivity index (χ3n) is 5.91. The van der Waals surface area contributed by atoms with Gasteiger partial charge >= 0.3 is 6.03 Å². The Bertz CT molecular complexity index is 1220. The van der Waals surface area contributed by atoms with E-state index in [-0.39, 0.29) is 24.4 Å². The van der Waals surface area contributed by atoms with Gasteiger partial charge in [0.2, 0.25) is 6.79 Å². The summed E-state index contributed by atoms with van der Waals surface area (Å²) in [6.45, 7) is 4.05. The highest BCUT2D eigenvalue weighted by Gasteiger charge is 2.24. The van der Waals surface area contributed by atoms with Gasteiger partial charge in [-0.2, -0.15) is 0 Å². The fourth-order valence-corrected chi connectivity index (χ4v) is 4.26. The lowest BCUT2D eigenvalue weighted by atomic mass is 10.1. The van der Waals surface area contributed by atoms with Gasteiger partial charge in [-0.1, -0.05) is 12.1 Å². The Hall–Kier alpha value is -3.75. The monoisotopic (exact) mass is 435 g/mol. The lowest BCUT2D eigenvalue weighted by Gasteiger charge is -2.33. The molecule has 3 aromatic rings. The first-order valence-corrected chi connectivity index (χ1v) is 10.8. The Kier molecular flexibility index (Phi) is 5.30. The van der Waals surface area contributed by atoms with Crippen LogP contribution < -0.4 is 30.6 Å². The van der Waals surface area contributed by atoms with E-state index in [0.717, 1.165) is 23.9 Å². The van der Waals surface area contributed by atoms with Crippen molar-refractivity contribution in [2.75, 3.05) is 30.1 Å². The molecule has 166 valence electrons. The minimum absolute atomic E-state index is 0.0223. The number of carbonyl (C=O) groups is 1. The summed E-state index contributed by atoms with van der Waals surface area (Å²) < 4.78 is 12.4. The van der Waals surface area contributed by atoms with Gasteiger partial charge in [-0.3, -0.25) is 4.79 Å². The van der Waals surface area contributed by atoms with Gasteiger partial charge in [0.1, 0.15) is 0 Å². The zero-order chi connectivity index (χ0) is 22.1. The average Bonchev–Trinajstić information content (AvgIpc) is 3.27. The molecule has 2 aromatic carbocycles. The number of piperidine rings is 1. The van der Waals surface area contributed by atoms with Gasteiger partial charge < -0.3 is 29.6 Å². The molecule has 2 aliphatic heterocycles. The van der Waals surface area contributed by atoms with E-state index in [1.165, 1.54) is 0 Å². The molecule has 0 bridgehead atoms. The van der Waals surface area contributed by atoms with Crippen molar-refractivity contribution < 1.29 is 14.3 Å². The highest BCUT2D eigenvalue weighted by atomic mass is 16.7. The number of amides is 2. The minimum atomic E-state index is -0.264. The maximum atomic E-state index is 13.0. The molecule has 0 radical (unpaired) electrons.